The molecule has 2 atom stereocenters. The first-order valence-corrected chi connectivity index (χ1v) is 7.26. The van der Waals surface area contributed by atoms with Gasteiger partial charge in [-0.25, -0.2) is 0 Å². The van der Waals surface area contributed by atoms with E-state index in [1.54, 1.807) is 0 Å². The van der Waals surface area contributed by atoms with Gasteiger partial charge in [-0.2, -0.15) is 0 Å². The average molecular weight is 263 g/mol. The summed E-state index contributed by atoms with van der Waals surface area (Å²) < 4.78 is 5.72. The molecule has 3 heteroatoms. The van der Waals surface area contributed by atoms with Crippen LogP contribution in [0.25, 0.3) is 0 Å². The zero-order valence-corrected chi connectivity index (χ0v) is 12.0. The number of benzene rings is 1. The Morgan fingerprint density at radius 2 is 2.11 bits per heavy atom. The second-order valence-electron chi connectivity index (χ2n) is 5.47. The van der Waals surface area contributed by atoms with Gasteiger partial charge in [0.1, 0.15) is 0 Å². The fourth-order valence-corrected chi connectivity index (χ4v) is 2.58. The van der Waals surface area contributed by atoms with Crippen LogP contribution in [0.4, 0.5) is 0 Å². The summed E-state index contributed by atoms with van der Waals surface area (Å²) >= 11 is 0. The molecular formula is C16H25NO2. The van der Waals surface area contributed by atoms with Crippen molar-refractivity contribution in [3.05, 3.63) is 35.4 Å². The van der Waals surface area contributed by atoms with Gasteiger partial charge in [-0.05, 0) is 25.5 Å². The average Bonchev–Trinajstić information content (AvgIpc) is 2.42. The van der Waals surface area contributed by atoms with Crippen molar-refractivity contribution in [1.29, 1.82) is 0 Å². The minimum Gasteiger partial charge on any atom is -0.390 e. The maximum Gasteiger partial charge on any atom is 0.0964 e. The van der Waals surface area contributed by atoms with E-state index in [1.807, 2.05) is 0 Å². The quantitative estimate of drug-likeness (QED) is 0.882. The van der Waals surface area contributed by atoms with Gasteiger partial charge >= 0.3 is 0 Å². The number of aliphatic hydroxyl groups excluding tert-OH is 1. The monoisotopic (exact) mass is 263 g/mol. The molecule has 0 aromatic heterocycles. The van der Waals surface area contributed by atoms with Crippen molar-refractivity contribution in [2.45, 2.75) is 38.9 Å². The van der Waals surface area contributed by atoms with Crippen LogP contribution in [-0.4, -0.2) is 48.5 Å². The molecule has 1 aromatic rings. The lowest BCUT2D eigenvalue weighted by Crippen LogP contribution is -2.48. The summed E-state index contributed by atoms with van der Waals surface area (Å²) in [7, 11) is 0. The predicted octanol–water partition coefficient (Wildman–Crippen LogP) is 2.01. The van der Waals surface area contributed by atoms with Crippen molar-refractivity contribution in [2.75, 3.05) is 26.2 Å². The molecule has 0 saturated carbocycles. The minimum absolute atomic E-state index is 0.0541. The largest absolute Gasteiger partial charge is 0.390 e. The molecule has 1 saturated heterocycles. The fraction of sp³-hybridized carbons (Fsp3) is 0.625. The molecule has 0 bridgehead atoms. The Morgan fingerprint density at radius 1 is 1.37 bits per heavy atom. The second-order valence-corrected chi connectivity index (χ2v) is 5.47. The highest BCUT2D eigenvalue weighted by atomic mass is 16.5. The fourth-order valence-electron chi connectivity index (χ4n) is 2.58. The highest BCUT2D eigenvalue weighted by Gasteiger charge is 2.26. The van der Waals surface area contributed by atoms with Crippen molar-refractivity contribution < 1.29 is 9.84 Å². The van der Waals surface area contributed by atoms with Crippen LogP contribution in [0.5, 0.6) is 0 Å². The smallest absolute Gasteiger partial charge is 0.0964 e. The molecule has 19 heavy (non-hydrogen) atoms. The lowest BCUT2D eigenvalue weighted by Gasteiger charge is -2.35. The molecule has 1 fully saturated rings. The molecule has 0 aliphatic carbocycles. The topological polar surface area (TPSA) is 32.7 Å². The molecule has 0 amide bonds. The highest BCUT2D eigenvalue weighted by Crippen LogP contribution is 2.14. The van der Waals surface area contributed by atoms with Gasteiger partial charge in [0.25, 0.3) is 0 Å². The number of hydrogen-bond donors (Lipinski definition) is 1. The van der Waals surface area contributed by atoms with E-state index >= 15 is 0 Å². The van der Waals surface area contributed by atoms with E-state index in [9.17, 15) is 5.11 Å². The SMILES string of the molecule is CCCN1CCOC(C(O)Cc2ccc(C)cc2)C1. The van der Waals surface area contributed by atoms with Crippen molar-refractivity contribution >= 4 is 0 Å². The molecular weight excluding hydrogens is 238 g/mol. The van der Waals surface area contributed by atoms with Crippen LogP contribution in [0, 0.1) is 6.92 Å². The number of ether oxygens (including phenoxy) is 1. The first-order valence-electron chi connectivity index (χ1n) is 7.26. The van der Waals surface area contributed by atoms with Gasteiger partial charge in [-0.3, -0.25) is 4.90 Å². The Morgan fingerprint density at radius 3 is 2.79 bits per heavy atom. The Balaban J connectivity index is 1.88. The molecule has 1 aromatic carbocycles. The lowest BCUT2D eigenvalue weighted by atomic mass is 10.0. The summed E-state index contributed by atoms with van der Waals surface area (Å²) in [5.41, 5.74) is 2.43. The molecule has 1 heterocycles. The van der Waals surface area contributed by atoms with Crippen LogP contribution in [-0.2, 0) is 11.2 Å². The number of morpholine rings is 1. The van der Waals surface area contributed by atoms with Gasteiger partial charge in [-0.1, -0.05) is 36.8 Å². The van der Waals surface area contributed by atoms with Crippen molar-refractivity contribution in [2.24, 2.45) is 0 Å². The third-order valence-corrected chi connectivity index (χ3v) is 3.71. The van der Waals surface area contributed by atoms with Gasteiger partial charge in [-0.15, -0.1) is 0 Å². The molecule has 1 aliphatic heterocycles. The van der Waals surface area contributed by atoms with E-state index < -0.39 is 6.10 Å². The summed E-state index contributed by atoms with van der Waals surface area (Å²) in [6.45, 7) is 7.93. The van der Waals surface area contributed by atoms with E-state index in [2.05, 4.69) is 43.0 Å². The molecule has 2 rings (SSSR count). The summed E-state index contributed by atoms with van der Waals surface area (Å²) in [4.78, 5) is 2.38. The molecule has 2 unspecified atom stereocenters. The molecule has 0 spiro atoms. The lowest BCUT2D eigenvalue weighted by molar-refractivity contribution is -0.0877. The number of hydrogen-bond acceptors (Lipinski definition) is 3. The van der Waals surface area contributed by atoms with Gasteiger partial charge < -0.3 is 9.84 Å². The number of aryl methyl sites for hydroxylation is 1. The van der Waals surface area contributed by atoms with E-state index in [4.69, 9.17) is 4.74 Å². The van der Waals surface area contributed by atoms with Gasteiger partial charge in [0.05, 0.1) is 18.8 Å². The van der Waals surface area contributed by atoms with Crippen LogP contribution in [0.15, 0.2) is 24.3 Å². The molecule has 1 N–H and O–H groups in total. The summed E-state index contributed by atoms with van der Waals surface area (Å²) in [6, 6.07) is 8.36. The van der Waals surface area contributed by atoms with Gasteiger partial charge in [0.2, 0.25) is 0 Å². The third kappa shape index (κ3) is 4.30. The standard InChI is InChI=1S/C16H25NO2/c1-3-8-17-9-10-19-16(12-17)15(18)11-14-6-4-13(2)5-7-14/h4-7,15-16,18H,3,8-12H2,1-2H3. The molecule has 0 radical (unpaired) electrons. The summed E-state index contributed by atoms with van der Waals surface area (Å²) in [5, 5.41) is 10.3. The van der Waals surface area contributed by atoms with Crippen molar-refractivity contribution in [1.82, 2.24) is 4.90 Å². The predicted molar refractivity (Wildman–Crippen MR) is 77.4 cm³/mol. The summed E-state index contributed by atoms with van der Waals surface area (Å²) in [5.74, 6) is 0. The molecule has 1 aliphatic rings. The van der Waals surface area contributed by atoms with Crippen molar-refractivity contribution in [3.63, 3.8) is 0 Å². The second kappa shape index (κ2) is 7.04. The van der Waals surface area contributed by atoms with E-state index in [0.29, 0.717) is 6.42 Å². The number of nitrogens with zero attached hydrogens (tertiary/aromatic N) is 1. The van der Waals surface area contributed by atoms with Crippen LogP contribution in [0.2, 0.25) is 0 Å². The molecule has 106 valence electrons. The zero-order chi connectivity index (χ0) is 13.7. The van der Waals surface area contributed by atoms with E-state index in [1.165, 1.54) is 11.1 Å². The minimum atomic E-state index is -0.414. The Labute approximate surface area is 116 Å². The van der Waals surface area contributed by atoms with Crippen LogP contribution in [0.1, 0.15) is 24.5 Å². The molecule has 3 nitrogen and oxygen atoms in total. The highest BCUT2D eigenvalue weighted by molar-refractivity contribution is 5.22. The third-order valence-electron chi connectivity index (χ3n) is 3.71. The van der Waals surface area contributed by atoms with Crippen LogP contribution < -0.4 is 0 Å². The zero-order valence-electron chi connectivity index (χ0n) is 12.0. The first kappa shape index (κ1) is 14.5. The first-order chi connectivity index (χ1) is 9.19. The van der Waals surface area contributed by atoms with Crippen LogP contribution in [0.3, 0.4) is 0 Å². The number of aliphatic hydroxyl groups is 1. The van der Waals surface area contributed by atoms with E-state index in [-0.39, 0.29) is 6.10 Å². The Hall–Kier alpha value is -0.900. The van der Waals surface area contributed by atoms with Gasteiger partial charge in [0.15, 0.2) is 0 Å². The normalized spacial score (nSPS) is 22.4. The van der Waals surface area contributed by atoms with E-state index in [0.717, 1.165) is 32.7 Å². The maximum atomic E-state index is 10.3. The van der Waals surface area contributed by atoms with Crippen LogP contribution >= 0.6 is 0 Å². The maximum absolute atomic E-state index is 10.3. The van der Waals surface area contributed by atoms with Gasteiger partial charge in [0, 0.05) is 19.5 Å². The number of rotatable bonds is 5. The Kier molecular flexibility index (Phi) is 5.37. The Bertz CT molecular complexity index is 375. The summed E-state index contributed by atoms with van der Waals surface area (Å²) in [6.07, 6.45) is 1.36. The van der Waals surface area contributed by atoms with Crippen molar-refractivity contribution in [3.8, 4) is 0 Å².